The van der Waals surface area contributed by atoms with E-state index in [1.54, 1.807) is 19.1 Å². The summed E-state index contributed by atoms with van der Waals surface area (Å²) in [7, 11) is 0. The SMILES string of the molecule is CCCc1cc(C(=O)Nc2nc(C)cc(Cl)n2)cc(Cl)n1. The van der Waals surface area contributed by atoms with E-state index in [9.17, 15) is 4.79 Å². The van der Waals surface area contributed by atoms with E-state index in [1.165, 1.54) is 6.07 Å². The smallest absolute Gasteiger partial charge is 0.258 e. The van der Waals surface area contributed by atoms with Crippen LogP contribution in [0.15, 0.2) is 18.2 Å². The molecule has 5 nitrogen and oxygen atoms in total. The van der Waals surface area contributed by atoms with Gasteiger partial charge in [0.2, 0.25) is 5.95 Å². The summed E-state index contributed by atoms with van der Waals surface area (Å²) in [6.07, 6.45) is 1.68. The molecule has 0 aliphatic carbocycles. The molecular formula is C14H14Cl2N4O. The summed E-state index contributed by atoms with van der Waals surface area (Å²) in [6.45, 7) is 3.80. The molecule has 110 valence electrons. The normalized spacial score (nSPS) is 10.5. The number of carbonyl (C=O) groups is 1. The van der Waals surface area contributed by atoms with Crippen molar-refractivity contribution in [1.29, 1.82) is 0 Å². The van der Waals surface area contributed by atoms with Gasteiger partial charge in [0.1, 0.15) is 10.3 Å². The minimum absolute atomic E-state index is 0.162. The molecule has 0 saturated heterocycles. The van der Waals surface area contributed by atoms with Gasteiger partial charge in [0.05, 0.1) is 0 Å². The van der Waals surface area contributed by atoms with Gasteiger partial charge in [-0.15, -0.1) is 0 Å². The number of amides is 1. The minimum atomic E-state index is -0.349. The Morgan fingerprint density at radius 3 is 2.52 bits per heavy atom. The number of aryl methyl sites for hydroxylation is 2. The van der Waals surface area contributed by atoms with E-state index in [4.69, 9.17) is 23.2 Å². The first-order valence-corrected chi connectivity index (χ1v) is 7.22. The standard InChI is InChI=1S/C14H14Cl2N4O/c1-3-4-10-6-9(7-12(16)18-10)13(21)20-14-17-8(2)5-11(15)19-14/h5-7H,3-4H2,1-2H3,(H,17,19,20,21). The number of nitrogens with zero attached hydrogens (tertiary/aromatic N) is 3. The molecule has 0 aliphatic rings. The van der Waals surface area contributed by atoms with Gasteiger partial charge in [0, 0.05) is 17.0 Å². The number of anilines is 1. The van der Waals surface area contributed by atoms with Gasteiger partial charge in [-0.1, -0.05) is 36.5 Å². The lowest BCUT2D eigenvalue weighted by Gasteiger charge is -2.07. The van der Waals surface area contributed by atoms with E-state index in [2.05, 4.69) is 20.3 Å². The summed E-state index contributed by atoms with van der Waals surface area (Å²) in [5.41, 5.74) is 1.86. The first kappa shape index (κ1) is 15.7. The van der Waals surface area contributed by atoms with Crippen LogP contribution in [0.5, 0.6) is 0 Å². The van der Waals surface area contributed by atoms with Crippen LogP contribution in [0.4, 0.5) is 5.95 Å². The van der Waals surface area contributed by atoms with E-state index >= 15 is 0 Å². The van der Waals surface area contributed by atoms with Gasteiger partial charge in [-0.2, -0.15) is 0 Å². The van der Waals surface area contributed by atoms with Crippen LogP contribution in [0.3, 0.4) is 0 Å². The number of hydrogen-bond donors (Lipinski definition) is 1. The first-order valence-electron chi connectivity index (χ1n) is 6.47. The fraction of sp³-hybridized carbons (Fsp3) is 0.286. The number of hydrogen-bond acceptors (Lipinski definition) is 4. The summed E-state index contributed by atoms with van der Waals surface area (Å²) in [4.78, 5) is 24.5. The fourth-order valence-electron chi connectivity index (χ4n) is 1.83. The average molecular weight is 325 g/mol. The Morgan fingerprint density at radius 2 is 1.86 bits per heavy atom. The van der Waals surface area contributed by atoms with Gasteiger partial charge >= 0.3 is 0 Å². The largest absolute Gasteiger partial charge is 0.290 e. The van der Waals surface area contributed by atoms with Crippen molar-refractivity contribution < 1.29 is 4.79 Å². The van der Waals surface area contributed by atoms with Crippen LogP contribution >= 0.6 is 23.2 Å². The third-order valence-electron chi connectivity index (χ3n) is 2.66. The van der Waals surface area contributed by atoms with Crippen LogP contribution in [0.1, 0.15) is 35.1 Å². The summed E-state index contributed by atoms with van der Waals surface area (Å²) in [5.74, 6) is -0.187. The van der Waals surface area contributed by atoms with Crippen LogP contribution in [0.2, 0.25) is 10.3 Å². The molecule has 7 heteroatoms. The number of halogens is 2. The second-order valence-electron chi connectivity index (χ2n) is 4.53. The highest BCUT2D eigenvalue weighted by Crippen LogP contribution is 2.15. The molecule has 2 aromatic heterocycles. The van der Waals surface area contributed by atoms with E-state index in [0.717, 1.165) is 18.5 Å². The van der Waals surface area contributed by atoms with Crippen molar-refractivity contribution in [2.45, 2.75) is 26.7 Å². The predicted octanol–water partition coefficient (Wildman–Crippen LogP) is 3.69. The van der Waals surface area contributed by atoms with Crippen LogP contribution < -0.4 is 5.32 Å². The Labute approximate surface area is 132 Å². The molecule has 2 aromatic rings. The van der Waals surface area contributed by atoms with Crippen LogP contribution in [-0.4, -0.2) is 20.9 Å². The Bertz CT molecular complexity index is 656. The van der Waals surface area contributed by atoms with Crippen molar-refractivity contribution >= 4 is 35.1 Å². The van der Waals surface area contributed by atoms with Crippen LogP contribution in [-0.2, 0) is 6.42 Å². The van der Waals surface area contributed by atoms with Gasteiger partial charge in [0.15, 0.2) is 0 Å². The molecule has 0 spiro atoms. The highest BCUT2D eigenvalue weighted by molar-refractivity contribution is 6.30. The maximum Gasteiger partial charge on any atom is 0.258 e. The van der Waals surface area contributed by atoms with Crippen LogP contribution in [0, 0.1) is 6.92 Å². The quantitative estimate of drug-likeness (QED) is 0.687. The molecule has 0 unspecified atom stereocenters. The zero-order valence-electron chi connectivity index (χ0n) is 11.7. The molecule has 0 aromatic carbocycles. The van der Waals surface area contributed by atoms with Crippen molar-refractivity contribution in [2.75, 3.05) is 5.32 Å². The van der Waals surface area contributed by atoms with Crippen molar-refractivity contribution in [1.82, 2.24) is 15.0 Å². The van der Waals surface area contributed by atoms with E-state index in [0.29, 0.717) is 11.3 Å². The number of aromatic nitrogens is 3. The maximum absolute atomic E-state index is 12.2. The van der Waals surface area contributed by atoms with Gasteiger partial charge < -0.3 is 0 Å². The Morgan fingerprint density at radius 1 is 1.14 bits per heavy atom. The molecule has 0 bridgehead atoms. The van der Waals surface area contributed by atoms with E-state index < -0.39 is 0 Å². The molecule has 21 heavy (non-hydrogen) atoms. The molecule has 2 rings (SSSR count). The lowest BCUT2D eigenvalue weighted by molar-refractivity contribution is 0.102. The second kappa shape index (κ2) is 6.83. The average Bonchev–Trinajstić information content (AvgIpc) is 2.37. The van der Waals surface area contributed by atoms with E-state index in [-0.39, 0.29) is 22.2 Å². The zero-order valence-corrected chi connectivity index (χ0v) is 13.2. The van der Waals surface area contributed by atoms with Crippen molar-refractivity contribution in [2.24, 2.45) is 0 Å². The monoisotopic (exact) mass is 324 g/mol. The molecule has 0 aliphatic heterocycles. The maximum atomic E-state index is 12.2. The first-order chi connectivity index (χ1) is 9.97. The summed E-state index contributed by atoms with van der Waals surface area (Å²) >= 11 is 11.8. The molecule has 1 N–H and O–H groups in total. The molecule has 0 saturated carbocycles. The molecule has 0 radical (unpaired) electrons. The Hall–Kier alpha value is -1.72. The Kier molecular flexibility index (Phi) is 5.09. The summed E-state index contributed by atoms with van der Waals surface area (Å²) in [6, 6.07) is 4.83. The number of nitrogens with one attached hydrogen (secondary N) is 1. The van der Waals surface area contributed by atoms with E-state index in [1.807, 2.05) is 6.92 Å². The van der Waals surface area contributed by atoms with Gasteiger partial charge in [-0.3, -0.25) is 10.1 Å². The zero-order chi connectivity index (χ0) is 15.4. The highest BCUT2D eigenvalue weighted by atomic mass is 35.5. The molecule has 2 heterocycles. The summed E-state index contributed by atoms with van der Waals surface area (Å²) < 4.78 is 0. The van der Waals surface area contributed by atoms with Gasteiger partial charge in [0.25, 0.3) is 5.91 Å². The van der Waals surface area contributed by atoms with Crippen LogP contribution in [0.25, 0.3) is 0 Å². The van der Waals surface area contributed by atoms with Crippen molar-refractivity contribution in [3.8, 4) is 0 Å². The lowest BCUT2D eigenvalue weighted by atomic mass is 10.1. The topological polar surface area (TPSA) is 67.8 Å². The molecule has 0 fully saturated rings. The summed E-state index contributed by atoms with van der Waals surface area (Å²) in [5, 5.41) is 3.17. The fourth-order valence-corrected chi connectivity index (χ4v) is 2.29. The van der Waals surface area contributed by atoms with Crippen molar-refractivity contribution in [3.05, 3.63) is 45.5 Å². The molecule has 1 amide bonds. The number of pyridine rings is 1. The third kappa shape index (κ3) is 4.37. The number of carbonyl (C=O) groups excluding carboxylic acids is 1. The van der Waals surface area contributed by atoms with Gasteiger partial charge in [-0.05, 0) is 31.5 Å². The molecule has 0 atom stereocenters. The van der Waals surface area contributed by atoms with Gasteiger partial charge in [-0.25, -0.2) is 15.0 Å². The predicted molar refractivity (Wildman–Crippen MR) is 83.0 cm³/mol. The number of rotatable bonds is 4. The van der Waals surface area contributed by atoms with Crippen molar-refractivity contribution in [3.63, 3.8) is 0 Å². The second-order valence-corrected chi connectivity index (χ2v) is 5.30. The minimum Gasteiger partial charge on any atom is -0.290 e. The highest BCUT2D eigenvalue weighted by Gasteiger charge is 2.11. The third-order valence-corrected chi connectivity index (χ3v) is 3.05. The lowest BCUT2D eigenvalue weighted by Crippen LogP contribution is -2.15. The molecular weight excluding hydrogens is 311 g/mol. The Balaban J connectivity index is 2.23.